The molecule has 1 heterocycles. The number of aromatic nitrogens is 1. The maximum absolute atomic E-state index is 6.11. The lowest BCUT2D eigenvalue weighted by Crippen LogP contribution is -2.37. The largest absolute Gasteiger partial charge is 0.271 e. The first-order valence-electron chi connectivity index (χ1n) is 6.38. The van der Waals surface area contributed by atoms with Crippen LogP contribution < -0.4 is 11.3 Å². The van der Waals surface area contributed by atoms with Gasteiger partial charge in [0.05, 0.1) is 5.02 Å². The van der Waals surface area contributed by atoms with Gasteiger partial charge in [0.2, 0.25) is 0 Å². The first kappa shape index (κ1) is 14.0. The smallest absolute Gasteiger partial charge is 0.0621 e. The van der Waals surface area contributed by atoms with Crippen molar-refractivity contribution in [3.05, 3.63) is 64.9 Å². The quantitative estimate of drug-likeness (QED) is 0.630. The number of pyridine rings is 1. The van der Waals surface area contributed by atoms with Gasteiger partial charge >= 0.3 is 0 Å². The zero-order valence-corrected chi connectivity index (χ0v) is 11.5. The molecular formula is C15H18ClN3. The van der Waals surface area contributed by atoms with Gasteiger partial charge in [-0.25, -0.2) is 0 Å². The van der Waals surface area contributed by atoms with E-state index in [0.29, 0.717) is 5.02 Å². The maximum Gasteiger partial charge on any atom is 0.0621 e. The summed E-state index contributed by atoms with van der Waals surface area (Å²) in [7, 11) is 0. The van der Waals surface area contributed by atoms with E-state index in [4.69, 9.17) is 17.4 Å². The number of nitrogens with one attached hydrogen (secondary N) is 1. The summed E-state index contributed by atoms with van der Waals surface area (Å²) in [6.07, 6.45) is 6.20. The Balaban J connectivity index is 1.92. The average Bonchev–Trinajstić information content (AvgIpc) is 2.46. The van der Waals surface area contributed by atoms with Crippen LogP contribution in [-0.2, 0) is 12.8 Å². The van der Waals surface area contributed by atoms with Gasteiger partial charge in [-0.3, -0.25) is 16.3 Å². The molecule has 4 heteroatoms. The lowest BCUT2D eigenvalue weighted by molar-refractivity contribution is 0.491. The second kappa shape index (κ2) is 7.24. The maximum atomic E-state index is 6.11. The van der Waals surface area contributed by atoms with Crippen LogP contribution in [0.25, 0.3) is 0 Å². The van der Waals surface area contributed by atoms with Crippen LogP contribution in [-0.4, -0.2) is 11.0 Å². The van der Waals surface area contributed by atoms with Gasteiger partial charge in [-0.15, -0.1) is 0 Å². The Labute approximate surface area is 118 Å². The number of aryl methyl sites for hydroxylation is 1. The molecule has 0 saturated heterocycles. The van der Waals surface area contributed by atoms with Crippen molar-refractivity contribution in [2.45, 2.75) is 25.3 Å². The zero-order valence-electron chi connectivity index (χ0n) is 10.7. The molecule has 1 aromatic heterocycles. The van der Waals surface area contributed by atoms with Gasteiger partial charge in [0.25, 0.3) is 0 Å². The Morgan fingerprint density at radius 2 is 2.00 bits per heavy atom. The van der Waals surface area contributed by atoms with E-state index in [9.17, 15) is 0 Å². The van der Waals surface area contributed by atoms with Crippen LogP contribution in [0.1, 0.15) is 17.5 Å². The van der Waals surface area contributed by atoms with E-state index in [-0.39, 0.29) is 6.04 Å². The predicted molar refractivity (Wildman–Crippen MR) is 78.8 cm³/mol. The number of halogens is 1. The zero-order chi connectivity index (χ0) is 13.5. The minimum absolute atomic E-state index is 0.208. The fourth-order valence-corrected chi connectivity index (χ4v) is 2.26. The van der Waals surface area contributed by atoms with Gasteiger partial charge in [0.15, 0.2) is 0 Å². The average molecular weight is 276 g/mol. The molecule has 1 aromatic carbocycles. The van der Waals surface area contributed by atoms with Crippen molar-refractivity contribution in [3.63, 3.8) is 0 Å². The topological polar surface area (TPSA) is 50.9 Å². The Morgan fingerprint density at radius 3 is 2.68 bits per heavy atom. The van der Waals surface area contributed by atoms with Crippen molar-refractivity contribution < 1.29 is 0 Å². The monoisotopic (exact) mass is 275 g/mol. The summed E-state index contributed by atoms with van der Waals surface area (Å²) >= 11 is 6.11. The van der Waals surface area contributed by atoms with E-state index in [1.807, 2.05) is 12.1 Å². The molecule has 0 aliphatic rings. The van der Waals surface area contributed by atoms with Crippen LogP contribution in [0.2, 0.25) is 5.02 Å². The summed E-state index contributed by atoms with van der Waals surface area (Å²) in [5.41, 5.74) is 5.27. The van der Waals surface area contributed by atoms with Gasteiger partial charge in [0.1, 0.15) is 0 Å². The van der Waals surface area contributed by atoms with E-state index in [0.717, 1.165) is 24.8 Å². The SMILES string of the molecule is NNC(CCc1ccccc1)Cc1ccncc1Cl. The standard InChI is InChI=1S/C15H18ClN3/c16-15-11-18-9-8-13(15)10-14(19-17)7-6-12-4-2-1-3-5-12/h1-5,8-9,11,14,19H,6-7,10,17H2. The van der Waals surface area contributed by atoms with Crippen LogP contribution in [0, 0.1) is 0 Å². The molecule has 0 amide bonds. The summed E-state index contributed by atoms with van der Waals surface area (Å²) in [6, 6.07) is 12.5. The van der Waals surface area contributed by atoms with Gasteiger partial charge in [0, 0.05) is 18.4 Å². The number of hydrogen-bond acceptors (Lipinski definition) is 3. The number of rotatable bonds is 6. The third kappa shape index (κ3) is 4.31. The van der Waals surface area contributed by atoms with Crippen molar-refractivity contribution in [2.75, 3.05) is 0 Å². The highest BCUT2D eigenvalue weighted by Crippen LogP contribution is 2.17. The summed E-state index contributed by atoms with van der Waals surface area (Å²) in [5, 5.41) is 0.697. The van der Waals surface area contributed by atoms with Gasteiger partial charge in [-0.05, 0) is 36.5 Å². The van der Waals surface area contributed by atoms with E-state index in [1.54, 1.807) is 12.4 Å². The van der Waals surface area contributed by atoms with E-state index in [1.165, 1.54) is 5.56 Å². The van der Waals surface area contributed by atoms with Crippen molar-refractivity contribution in [2.24, 2.45) is 5.84 Å². The van der Waals surface area contributed by atoms with Crippen LogP contribution >= 0.6 is 11.6 Å². The molecular weight excluding hydrogens is 258 g/mol. The molecule has 0 spiro atoms. The normalized spacial score (nSPS) is 12.3. The minimum atomic E-state index is 0.208. The summed E-state index contributed by atoms with van der Waals surface area (Å²) < 4.78 is 0. The molecule has 1 unspecified atom stereocenters. The molecule has 0 radical (unpaired) electrons. The fourth-order valence-electron chi connectivity index (χ4n) is 2.06. The van der Waals surface area contributed by atoms with Crippen LogP contribution in [0.3, 0.4) is 0 Å². The van der Waals surface area contributed by atoms with Gasteiger partial charge in [-0.2, -0.15) is 0 Å². The molecule has 0 aliphatic carbocycles. The number of hydrogen-bond donors (Lipinski definition) is 2. The van der Waals surface area contributed by atoms with Crippen LogP contribution in [0.4, 0.5) is 0 Å². The summed E-state index contributed by atoms with van der Waals surface area (Å²) in [5.74, 6) is 5.63. The third-order valence-electron chi connectivity index (χ3n) is 3.18. The predicted octanol–water partition coefficient (Wildman–Crippen LogP) is 2.74. The lowest BCUT2D eigenvalue weighted by atomic mass is 10.00. The number of hydrazine groups is 1. The van der Waals surface area contributed by atoms with Gasteiger partial charge in [-0.1, -0.05) is 41.9 Å². The first-order valence-corrected chi connectivity index (χ1v) is 6.76. The highest BCUT2D eigenvalue weighted by Gasteiger charge is 2.10. The number of nitrogens with zero attached hydrogens (tertiary/aromatic N) is 1. The van der Waals surface area contributed by atoms with E-state index in [2.05, 4.69) is 34.7 Å². The molecule has 0 saturated carbocycles. The lowest BCUT2D eigenvalue weighted by Gasteiger charge is -2.16. The molecule has 1 atom stereocenters. The third-order valence-corrected chi connectivity index (χ3v) is 3.52. The molecule has 3 N–H and O–H groups in total. The fraction of sp³-hybridized carbons (Fsp3) is 0.267. The summed E-state index contributed by atoms with van der Waals surface area (Å²) in [4.78, 5) is 3.99. The Kier molecular flexibility index (Phi) is 5.33. The van der Waals surface area contributed by atoms with Crippen LogP contribution in [0.15, 0.2) is 48.8 Å². The van der Waals surface area contributed by atoms with Gasteiger partial charge < -0.3 is 0 Å². The van der Waals surface area contributed by atoms with Crippen molar-refractivity contribution in [1.29, 1.82) is 0 Å². The highest BCUT2D eigenvalue weighted by molar-refractivity contribution is 6.31. The number of nitrogens with two attached hydrogens (primary N) is 1. The highest BCUT2D eigenvalue weighted by atomic mass is 35.5. The Morgan fingerprint density at radius 1 is 1.21 bits per heavy atom. The summed E-state index contributed by atoms with van der Waals surface area (Å²) in [6.45, 7) is 0. The molecule has 0 bridgehead atoms. The van der Waals surface area contributed by atoms with Crippen molar-refractivity contribution in [3.8, 4) is 0 Å². The molecule has 2 aromatic rings. The second-order valence-electron chi connectivity index (χ2n) is 4.56. The van der Waals surface area contributed by atoms with Crippen molar-refractivity contribution >= 4 is 11.6 Å². The van der Waals surface area contributed by atoms with E-state index >= 15 is 0 Å². The minimum Gasteiger partial charge on any atom is -0.271 e. The van der Waals surface area contributed by atoms with E-state index < -0.39 is 0 Å². The molecule has 100 valence electrons. The first-order chi connectivity index (χ1) is 9.29. The number of benzene rings is 1. The molecule has 0 fully saturated rings. The molecule has 2 rings (SSSR count). The van der Waals surface area contributed by atoms with Crippen LogP contribution in [0.5, 0.6) is 0 Å². The molecule has 0 aliphatic heterocycles. The Bertz CT molecular complexity index is 502. The Hall–Kier alpha value is -1.42. The molecule has 19 heavy (non-hydrogen) atoms. The molecule has 3 nitrogen and oxygen atoms in total. The van der Waals surface area contributed by atoms with Crippen molar-refractivity contribution in [1.82, 2.24) is 10.4 Å². The second-order valence-corrected chi connectivity index (χ2v) is 4.97.